The van der Waals surface area contributed by atoms with E-state index in [0.717, 1.165) is 5.56 Å². The van der Waals surface area contributed by atoms with Gasteiger partial charge in [0, 0.05) is 16.8 Å². The number of halogens is 1. The first-order chi connectivity index (χ1) is 10.2. The van der Waals surface area contributed by atoms with Crippen LogP contribution in [0.2, 0.25) is 0 Å². The topological polar surface area (TPSA) is 69.6 Å². The van der Waals surface area contributed by atoms with Crippen molar-refractivity contribution in [2.75, 3.05) is 5.73 Å². The van der Waals surface area contributed by atoms with Crippen LogP contribution in [0.1, 0.15) is 18.5 Å². The fraction of sp³-hybridized carbons (Fsp3) is 0.133. The van der Waals surface area contributed by atoms with Crippen LogP contribution in [-0.2, 0) is 0 Å². The molecule has 0 saturated carbocycles. The lowest BCUT2D eigenvalue weighted by atomic mass is 10.1. The second-order valence-electron chi connectivity index (χ2n) is 4.77. The summed E-state index contributed by atoms with van der Waals surface area (Å²) >= 11 is 0. The molecule has 3 rings (SSSR count). The predicted molar refractivity (Wildman–Crippen MR) is 77.9 cm³/mol. The maximum Gasteiger partial charge on any atom is 0.182 e. The van der Waals surface area contributed by atoms with E-state index < -0.39 is 0 Å². The highest BCUT2D eigenvalue weighted by Gasteiger charge is 2.18. The van der Waals surface area contributed by atoms with E-state index in [4.69, 9.17) is 5.73 Å². The third-order valence-corrected chi connectivity index (χ3v) is 3.38. The molecule has 0 radical (unpaired) electrons. The number of hydrogen-bond acceptors (Lipinski definition) is 4. The smallest absolute Gasteiger partial charge is 0.182 e. The van der Waals surface area contributed by atoms with Gasteiger partial charge >= 0.3 is 0 Å². The first kappa shape index (κ1) is 13.2. The van der Waals surface area contributed by atoms with E-state index in [2.05, 4.69) is 15.5 Å². The monoisotopic (exact) mass is 283 g/mol. The molecule has 0 aliphatic heterocycles. The number of hydrogen-bond donors (Lipinski definition) is 1. The molecule has 6 heteroatoms. The highest BCUT2D eigenvalue weighted by Crippen LogP contribution is 2.25. The standard InChI is InChI=1S/C15H14FN5/c1-10(13-4-2-3-5-14(13)16)21-15(18-19-20-21)11-6-8-12(17)9-7-11/h2-10H,17H2,1H3. The van der Waals surface area contributed by atoms with E-state index in [0.29, 0.717) is 17.1 Å². The van der Waals surface area contributed by atoms with Crippen molar-refractivity contribution < 1.29 is 4.39 Å². The Morgan fingerprint density at radius 3 is 2.52 bits per heavy atom. The number of benzene rings is 2. The number of aromatic nitrogens is 4. The summed E-state index contributed by atoms with van der Waals surface area (Å²) in [6.45, 7) is 1.86. The largest absolute Gasteiger partial charge is 0.399 e. The third-order valence-electron chi connectivity index (χ3n) is 3.38. The Kier molecular flexibility index (Phi) is 3.35. The predicted octanol–water partition coefficient (Wildman–Crippen LogP) is 2.67. The number of nitrogens with zero attached hydrogens (tertiary/aromatic N) is 4. The summed E-state index contributed by atoms with van der Waals surface area (Å²) in [4.78, 5) is 0. The van der Waals surface area contributed by atoms with Gasteiger partial charge in [0.25, 0.3) is 0 Å². The molecule has 0 spiro atoms. The van der Waals surface area contributed by atoms with Gasteiger partial charge in [-0.15, -0.1) is 5.10 Å². The summed E-state index contributed by atoms with van der Waals surface area (Å²) in [6, 6.07) is 13.5. The molecule has 0 saturated heterocycles. The van der Waals surface area contributed by atoms with Crippen LogP contribution in [0.3, 0.4) is 0 Å². The Labute approximate surface area is 121 Å². The van der Waals surface area contributed by atoms with E-state index in [1.54, 1.807) is 35.0 Å². The molecule has 1 unspecified atom stereocenters. The fourth-order valence-electron chi connectivity index (χ4n) is 2.22. The van der Waals surface area contributed by atoms with E-state index in [1.807, 2.05) is 19.1 Å². The highest BCUT2D eigenvalue weighted by molar-refractivity contribution is 5.58. The van der Waals surface area contributed by atoms with Crippen LogP contribution in [0.15, 0.2) is 48.5 Å². The summed E-state index contributed by atoms with van der Waals surface area (Å²) in [5, 5.41) is 11.7. The molecule has 0 fully saturated rings. The molecule has 5 nitrogen and oxygen atoms in total. The van der Waals surface area contributed by atoms with Crippen molar-refractivity contribution in [1.29, 1.82) is 0 Å². The normalized spacial score (nSPS) is 12.3. The van der Waals surface area contributed by atoms with Crippen molar-refractivity contribution in [2.45, 2.75) is 13.0 Å². The van der Waals surface area contributed by atoms with Crippen LogP contribution in [0, 0.1) is 5.82 Å². The van der Waals surface area contributed by atoms with Gasteiger partial charge in [-0.2, -0.15) is 0 Å². The average molecular weight is 283 g/mol. The van der Waals surface area contributed by atoms with Crippen LogP contribution in [-0.4, -0.2) is 20.2 Å². The molecular formula is C15H14FN5. The molecule has 1 atom stereocenters. The Balaban J connectivity index is 2.03. The van der Waals surface area contributed by atoms with E-state index >= 15 is 0 Å². The Morgan fingerprint density at radius 2 is 1.81 bits per heavy atom. The van der Waals surface area contributed by atoms with Crippen molar-refractivity contribution in [3.63, 3.8) is 0 Å². The van der Waals surface area contributed by atoms with Crippen molar-refractivity contribution in [3.05, 3.63) is 59.9 Å². The minimum absolute atomic E-state index is 0.274. The van der Waals surface area contributed by atoms with Crippen LogP contribution < -0.4 is 5.73 Å². The second kappa shape index (κ2) is 5.32. The average Bonchev–Trinajstić information content (AvgIpc) is 2.97. The van der Waals surface area contributed by atoms with Crippen LogP contribution >= 0.6 is 0 Å². The first-order valence-corrected chi connectivity index (χ1v) is 6.55. The molecule has 2 aromatic carbocycles. The summed E-state index contributed by atoms with van der Waals surface area (Å²) in [5.41, 5.74) is 7.72. The van der Waals surface area contributed by atoms with Gasteiger partial charge in [-0.1, -0.05) is 18.2 Å². The Hall–Kier alpha value is -2.76. The quantitative estimate of drug-likeness (QED) is 0.750. The number of nitrogens with two attached hydrogens (primary N) is 1. The van der Waals surface area contributed by atoms with Gasteiger partial charge in [0.2, 0.25) is 0 Å². The zero-order chi connectivity index (χ0) is 14.8. The minimum atomic E-state index is -0.311. The molecule has 106 valence electrons. The number of anilines is 1. The summed E-state index contributed by atoms with van der Waals surface area (Å²) < 4.78 is 15.5. The summed E-state index contributed by atoms with van der Waals surface area (Å²) in [6.07, 6.45) is 0. The fourth-order valence-corrected chi connectivity index (χ4v) is 2.22. The van der Waals surface area contributed by atoms with Gasteiger partial charge in [0.05, 0.1) is 6.04 Å². The molecule has 1 heterocycles. The molecule has 0 aliphatic rings. The highest BCUT2D eigenvalue weighted by atomic mass is 19.1. The second-order valence-corrected chi connectivity index (χ2v) is 4.77. The van der Waals surface area contributed by atoms with Gasteiger partial charge < -0.3 is 5.73 Å². The number of nitrogen functional groups attached to an aromatic ring is 1. The molecule has 0 bridgehead atoms. The van der Waals surface area contributed by atoms with Crippen molar-refractivity contribution >= 4 is 5.69 Å². The van der Waals surface area contributed by atoms with Gasteiger partial charge in [0.1, 0.15) is 5.82 Å². The maximum atomic E-state index is 13.9. The summed E-state index contributed by atoms with van der Waals surface area (Å²) in [7, 11) is 0. The van der Waals surface area contributed by atoms with E-state index in [9.17, 15) is 4.39 Å². The molecule has 21 heavy (non-hydrogen) atoms. The van der Waals surface area contributed by atoms with Crippen molar-refractivity contribution in [1.82, 2.24) is 20.2 Å². The van der Waals surface area contributed by atoms with Gasteiger partial charge in [0.15, 0.2) is 5.82 Å². The number of tetrazole rings is 1. The molecule has 0 aliphatic carbocycles. The zero-order valence-electron chi connectivity index (χ0n) is 11.4. The lowest BCUT2D eigenvalue weighted by molar-refractivity contribution is 0.512. The van der Waals surface area contributed by atoms with E-state index in [1.165, 1.54) is 6.07 Å². The third kappa shape index (κ3) is 2.47. The molecule has 1 aromatic heterocycles. The summed E-state index contributed by atoms with van der Waals surface area (Å²) in [5.74, 6) is 0.300. The molecule has 3 aromatic rings. The molecule has 2 N–H and O–H groups in total. The lowest BCUT2D eigenvalue weighted by Crippen LogP contribution is -2.12. The SMILES string of the molecule is CC(c1ccccc1F)n1nnnc1-c1ccc(N)cc1. The zero-order valence-corrected chi connectivity index (χ0v) is 11.4. The van der Waals surface area contributed by atoms with Crippen molar-refractivity contribution in [3.8, 4) is 11.4 Å². The van der Waals surface area contributed by atoms with Crippen LogP contribution in [0.4, 0.5) is 10.1 Å². The van der Waals surface area contributed by atoms with Crippen LogP contribution in [0.25, 0.3) is 11.4 Å². The van der Waals surface area contributed by atoms with E-state index in [-0.39, 0.29) is 11.9 Å². The molecule has 0 amide bonds. The first-order valence-electron chi connectivity index (χ1n) is 6.55. The molecular weight excluding hydrogens is 269 g/mol. The Bertz CT molecular complexity index is 751. The Morgan fingerprint density at radius 1 is 1.10 bits per heavy atom. The minimum Gasteiger partial charge on any atom is -0.399 e. The van der Waals surface area contributed by atoms with Crippen LogP contribution in [0.5, 0.6) is 0 Å². The number of rotatable bonds is 3. The van der Waals surface area contributed by atoms with Gasteiger partial charge in [-0.3, -0.25) is 0 Å². The maximum absolute atomic E-state index is 13.9. The lowest BCUT2D eigenvalue weighted by Gasteiger charge is -2.14. The van der Waals surface area contributed by atoms with Gasteiger partial charge in [-0.05, 0) is 47.7 Å². The van der Waals surface area contributed by atoms with Gasteiger partial charge in [-0.25, -0.2) is 9.07 Å². The van der Waals surface area contributed by atoms with Crippen molar-refractivity contribution in [2.24, 2.45) is 0 Å².